The fourth-order valence-electron chi connectivity index (χ4n) is 1.95. The maximum absolute atomic E-state index is 9.87. The van der Waals surface area contributed by atoms with E-state index in [0.29, 0.717) is 5.02 Å². The predicted molar refractivity (Wildman–Crippen MR) is 62.7 cm³/mol. The fraction of sp³-hybridized carbons (Fsp3) is 0.455. The molecule has 0 spiro atoms. The Hall–Kier alpha value is -0.440. The Kier molecular flexibility index (Phi) is 3.39. The van der Waals surface area contributed by atoms with E-state index in [9.17, 15) is 5.11 Å². The average molecular weight is 246 g/mol. The summed E-state index contributed by atoms with van der Waals surface area (Å²) in [7, 11) is 0. The molecule has 1 fully saturated rings. The van der Waals surface area contributed by atoms with Gasteiger partial charge in [0, 0.05) is 11.6 Å². The lowest BCUT2D eigenvalue weighted by Gasteiger charge is -2.24. The van der Waals surface area contributed by atoms with Crippen LogP contribution in [0, 0.1) is 0 Å². The van der Waals surface area contributed by atoms with Crippen LogP contribution in [0.15, 0.2) is 12.1 Å². The van der Waals surface area contributed by atoms with Crippen molar-refractivity contribution < 1.29 is 5.11 Å². The van der Waals surface area contributed by atoms with Crippen molar-refractivity contribution in [1.82, 2.24) is 5.32 Å². The van der Waals surface area contributed by atoms with Crippen molar-refractivity contribution >= 4 is 23.2 Å². The number of phenolic OH excluding ortho intramolecular Hbond substituents is 1. The molecule has 0 radical (unpaired) electrons. The van der Waals surface area contributed by atoms with Crippen LogP contribution in [0.25, 0.3) is 0 Å². The van der Waals surface area contributed by atoms with E-state index in [2.05, 4.69) is 5.32 Å². The second-order valence-corrected chi connectivity index (χ2v) is 4.59. The van der Waals surface area contributed by atoms with E-state index in [1.54, 1.807) is 6.07 Å². The number of hydrogen-bond acceptors (Lipinski definition) is 2. The van der Waals surface area contributed by atoms with Gasteiger partial charge in [0.2, 0.25) is 0 Å². The van der Waals surface area contributed by atoms with Gasteiger partial charge >= 0.3 is 0 Å². The van der Waals surface area contributed by atoms with Gasteiger partial charge in [-0.2, -0.15) is 0 Å². The molecule has 1 atom stereocenters. The fourth-order valence-corrected chi connectivity index (χ4v) is 2.28. The van der Waals surface area contributed by atoms with E-state index in [1.165, 1.54) is 12.8 Å². The smallest absolute Gasteiger partial charge is 0.140 e. The Balaban J connectivity index is 2.31. The van der Waals surface area contributed by atoms with Crippen molar-refractivity contribution in [3.8, 4) is 5.75 Å². The lowest BCUT2D eigenvalue weighted by atomic mass is 9.97. The van der Waals surface area contributed by atoms with Crippen LogP contribution >= 0.6 is 23.2 Å². The van der Waals surface area contributed by atoms with E-state index in [1.807, 2.05) is 6.07 Å². The molecule has 2 nitrogen and oxygen atoms in total. The lowest BCUT2D eigenvalue weighted by molar-refractivity contribution is 0.391. The molecule has 1 saturated heterocycles. The quantitative estimate of drug-likeness (QED) is 0.794. The van der Waals surface area contributed by atoms with Crippen LogP contribution in [-0.2, 0) is 0 Å². The standard InChI is InChI=1S/C11H13Cl2NO/c12-8-5-4-7(11(15)10(8)13)9-3-1-2-6-14-9/h4-5,9,14-15H,1-3,6H2/t9-/m1/s1. The average Bonchev–Trinajstić information content (AvgIpc) is 2.27. The number of piperidine rings is 1. The second-order valence-electron chi connectivity index (χ2n) is 3.80. The molecule has 2 N–H and O–H groups in total. The van der Waals surface area contributed by atoms with Gasteiger partial charge in [-0.3, -0.25) is 0 Å². The molecule has 15 heavy (non-hydrogen) atoms. The monoisotopic (exact) mass is 245 g/mol. The normalized spacial score (nSPS) is 21.6. The molecule has 1 aliphatic rings. The highest BCUT2D eigenvalue weighted by atomic mass is 35.5. The summed E-state index contributed by atoms with van der Waals surface area (Å²) in [6, 6.07) is 3.77. The summed E-state index contributed by atoms with van der Waals surface area (Å²) in [5.74, 6) is 0.114. The molecule has 1 aliphatic heterocycles. The molecule has 0 unspecified atom stereocenters. The third-order valence-corrected chi connectivity index (χ3v) is 3.58. The SMILES string of the molecule is Oc1c([C@H]2CCCCN2)ccc(Cl)c1Cl. The molecule has 0 saturated carbocycles. The molecule has 0 bridgehead atoms. The van der Waals surface area contributed by atoms with Gasteiger partial charge in [0.05, 0.1) is 5.02 Å². The molecule has 2 rings (SSSR count). The van der Waals surface area contributed by atoms with E-state index >= 15 is 0 Å². The van der Waals surface area contributed by atoms with Crippen LogP contribution in [0.2, 0.25) is 10.0 Å². The summed E-state index contributed by atoms with van der Waals surface area (Å²) in [6.45, 7) is 0.990. The van der Waals surface area contributed by atoms with E-state index in [4.69, 9.17) is 23.2 Å². The second kappa shape index (κ2) is 4.60. The molecular weight excluding hydrogens is 233 g/mol. The van der Waals surface area contributed by atoms with Gasteiger partial charge in [-0.25, -0.2) is 0 Å². The third-order valence-electron chi connectivity index (χ3n) is 2.79. The minimum atomic E-state index is 0.114. The highest BCUT2D eigenvalue weighted by Gasteiger charge is 2.20. The minimum Gasteiger partial charge on any atom is -0.506 e. The third kappa shape index (κ3) is 2.22. The van der Waals surface area contributed by atoms with Crippen LogP contribution < -0.4 is 5.32 Å². The number of phenols is 1. The van der Waals surface area contributed by atoms with Gasteiger partial charge < -0.3 is 10.4 Å². The summed E-state index contributed by atoms with van der Waals surface area (Å²) < 4.78 is 0. The Morgan fingerprint density at radius 3 is 2.73 bits per heavy atom. The molecular formula is C11H13Cl2NO. The largest absolute Gasteiger partial charge is 0.506 e. The molecule has 0 aromatic heterocycles. The van der Waals surface area contributed by atoms with Gasteiger partial charge in [-0.15, -0.1) is 0 Å². The summed E-state index contributed by atoms with van der Waals surface area (Å²) >= 11 is 11.7. The van der Waals surface area contributed by atoms with E-state index in [-0.39, 0.29) is 16.8 Å². The number of rotatable bonds is 1. The molecule has 1 aromatic carbocycles. The zero-order chi connectivity index (χ0) is 10.8. The lowest BCUT2D eigenvalue weighted by Crippen LogP contribution is -2.26. The van der Waals surface area contributed by atoms with Crippen LogP contribution in [0.3, 0.4) is 0 Å². The number of aromatic hydroxyl groups is 1. The van der Waals surface area contributed by atoms with Gasteiger partial charge in [-0.05, 0) is 25.5 Å². The maximum atomic E-state index is 9.87. The summed E-state index contributed by atoms with van der Waals surface area (Å²) in [4.78, 5) is 0. The van der Waals surface area contributed by atoms with Crippen LogP contribution in [0.1, 0.15) is 30.9 Å². The van der Waals surface area contributed by atoms with Crippen molar-refractivity contribution in [1.29, 1.82) is 0 Å². The van der Waals surface area contributed by atoms with E-state index < -0.39 is 0 Å². The first-order valence-electron chi connectivity index (χ1n) is 5.10. The summed E-state index contributed by atoms with van der Waals surface area (Å²) in [6.07, 6.45) is 3.40. The van der Waals surface area contributed by atoms with Crippen molar-refractivity contribution in [2.45, 2.75) is 25.3 Å². The van der Waals surface area contributed by atoms with Crippen molar-refractivity contribution in [2.75, 3.05) is 6.54 Å². The Labute approximate surface area is 99.2 Å². The Morgan fingerprint density at radius 1 is 1.27 bits per heavy atom. The molecule has 82 valence electrons. The van der Waals surface area contributed by atoms with Crippen molar-refractivity contribution in [3.63, 3.8) is 0 Å². The first-order chi connectivity index (χ1) is 7.20. The van der Waals surface area contributed by atoms with Crippen LogP contribution in [-0.4, -0.2) is 11.7 Å². The highest BCUT2D eigenvalue weighted by molar-refractivity contribution is 6.43. The predicted octanol–water partition coefficient (Wildman–Crippen LogP) is 3.51. The molecule has 0 aliphatic carbocycles. The number of nitrogens with one attached hydrogen (secondary N) is 1. The van der Waals surface area contributed by atoms with Gasteiger partial charge in [-0.1, -0.05) is 35.7 Å². The molecule has 1 heterocycles. The van der Waals surface area contributed by atoms with E-state index in [0.717, 1.165) is 18.5 Å². The topological polar surface area (TPSA) is 32.3 Å². The number of benzene rings is 1. The zero-order valence-electron chi connectivity index (χ0n) is 8.26. The number of halogens is 2. The molecule has 0 amide bonds. The van der Waals surface area contributed by atoms with Crippen LogP contribution in [0.4, 0.5) is 0 Å². The van der Waals surface area contributed by atoms with Crippen LogP contribution in [0.5, 0.6) is 5.75 Å². The molecule has 4 heteroatoms. The van der Waals surface area contributed by atoms with Gasteiger partial charge in [0.1, 0.15) is 10.8 Å². The van der Waals surface area contributed by atoms with Gasteiger partial charge in [0.25, 0.3) is 0 Å². The molecule has 1 aromatic rings. The highest BCUT2D eigenvalue weighted by Crippen LogP contribution is 2.38. The minimum absolute atomic E-state index is 0.114. The first kappa shape index (κ1) is 11.1. The first-order valence-corrected chi connectivity index (χ1v) is 5.86. The maximum Gasteiger partial charge on any atom is 0.140 e. The Bertz CT molecular complexity index is 362. The zero-order valence-corrected chi connectivity index (χ0v) is 9.78. The van der Waals surface area contributed by atoms with Crippen molar-refractivity contribution in [3.05, 3.63) is 27.7 Å². The Morgan fingerprint density at radius 2 is 2.07 bits per heavy atom. The van der Waals surface area contributed by atoms with Gasteiger partial charge in [0.15, 0.2) is 0 Å². The summed E-state index contributed by atoms with van der Waals surface area (Å²) in [5, 5.41) is 13.9. The van der Waals surface area contributed by atoms with Crippen molar-refractivity contribution in [2.24, 2.45) is 0 Å². The number of hydrogen-bond donors (Lipinski definition) is 2. The summed E-state index contributed by atoms with van der Waals surface area (Å²) in [5.41, 5.74) is 0.851.